The van der Waals surface area contributed by atoms with E-state index < -0.39 is 0 Å². The van der Waals surface area contributed by atoms with Crippen LogP contribution in [0, 0.1) is 13.8 Å². The Hall–Kier alpha value is -3.36. The summed E-state index contributed by atoms with van der Waals surface area (Å²) >= 11 is 0. The van der Waals surface area contributed by atoms with Gasteiger partial charge in [0.15, 0.2) is 5.82 Å². The van der Waals surface area contributed by atoms with Crippen molar-refractivity contribution >= 4 is 10.9 Å². The standard InChI is InChI=1S/C29H36N6O2/c1-4-26(28-31-32-33-35(28)19-25-11-8-14-37-25)34(13-12-22-9-6-5-7-10-22)18-24-17-23-16-20(2)15-21(3)27(23)30-29(24)36/h5-7,9-10,15-17,25-26H,4,8,11-14,18-19H2,1-3H3,(H,30,36)/t25-,26+/m1/s1. The number of fused-ring (bicyclic) bond motifs is 1. The molecule has 2 aromatic heterocycles. The molecule has 0 saturated carbocycles. The van der Waals surface area contributed by atoms with Crippen LogP contribution >= 0.6 is 0 Å². The summed E-state index contributed by atoms with van der Waals surface area (Å²) in [6.07, 6.45) is 3.94. The Bertz CT molecular complexity index is 1390. The average molecular weight is 501 g/mol. The number of aromatic nitrogens is 5. The molecule has 0 amide bonds. The molecule has 8 heteroatoms. The maximum Gasteiger partial charge on any atom is 0.252 e. The summed E-state index contributed by atoms with van der Waals surface area (Å²) in [6, 6.07) is 16.7. The van der Waals surface area contributed by atoms with Gasteiger partial charge < -0.3 is 9.72 Å². The molecule has 1 aliphatic rings. The zero-order valence-corrected chi connectivity index (χ0v) is 22.0. The van der Waals surface area contributed by atoms with Crippen LogP contribution in [0.4, 0.5) is 0 Å². The fraction of sp³-hybridized carbons (Fsp3) is 0.448. The number of benzene rings is 2. The lowest BCUT2D eigenvalue weighted by Gasteiger charge is -2.30. The summed E-state index contributed by atoms with van der Waals surface area (Å²) in [5, 5.41) is 13.9. The van der Waals surface area contributed by atoms with E-state index >= 15 is 0 Å². The third kappa shape index (κ3) is 5.81. The molecule has 0 spiro atoms. The van der Waals surface area contributed by atoms with Crippen LogP contribution in [0.5, 0.6) is 0 Å². The Labute approximate surface area is 217 Å². The van der Waals surface area contributed by atoms with Crippen LogP contribution in [-0.2, 0) is 24.2 Å². The predicted octanol–water partition coefficient (Wildman–Crippen LogP) is 4.51. The second-order valence-corrected chi connectivity index (χ2v) is 10.2. The molecule has 1 saturated heterocycles. The lowest BCUT2D eigenvalue weighted by molar-refractivity contribution is 0.0893. The Morgan fingerprint density at radius 1 is 1.19 bits per heavy atom. The van der Waals surface area contributed by atoms with Gasteiger partial charge in [0.1, 0.15) is 0 Å². The van der Waals surface area contributed by atoms with Gasteiger partial charge in [-0.15, -0.1) is 5.10 Å². The highest BCUT2D eigenvalue weighted by atomic mass is 16.5. The van der Waals surface area contributed by atoms with Gasteiger partial charge in [-0.3, -0.25) is 9.69 Å². The monoisotopic (exact) mass is 500 g/mol. The van der Waals surface area contributed by atoms with Gasteiger partial charge in [0.25, 0.3) is 5.56 Å². The Balaban J connectivity index is 1.47. The van der Waals surface area contributed by atoms with E-state index in [9.17, 15) is 4.79 Å². The molecule has 2 aromatic carbocycles. The fourth-order valence-corrected chi connectivity index (χ4v) is 5.50. The van der Waals surface area contributed by atoms with E-state index in [-0.39, 0.29) is 17.7 Å². The first-order valence-electron chi connectivity index (χ1n) is 13.3. The van der Waals surface area contributed by atoms with Gasteiger partial charge in [0.05, 0.1) is 24.2 Å². The normalized spacial score (nSPS) is 16.6. The van der Waals surface area contributed by atoms with Crippen molar-refractivity contribution in [2.24, 2.45) is 0 Å². The van der Waals surface area contributed by atoms with Crippen molar-refractivity contribution in [1.82, 2.24) is 30.1 Å². The maximum absolute atomic E-state index is 13.2. The topological polar surface area (TPSA) is 88.9 Å². The molecule has 0 unspecified atom stereocenters. The Morgan fingerprint density at radius 2 is 2.03 bits per heavy atom. The fourth-order valence-electron chi connectivity index (χ4n) is 5.50. The number of ether oxygens (including phenoxy) is 1. The van der Waals surface area contributed by atoms with E-state index in [0.717, 1.165) is 66.7 Å². The highest BCUT2D eigenvalue weighted by molar-refractivity contribution is 5.82. The van der Waals surface area contributed by atoms with E-state index in [1.54, 1.807) is 0 Å². The summed E-state index contributed by atoms with van der Waals surface area (Å²) < 4.78 is 7.76. The molecule has 4 aromatic rings. The molecule has 1 N–H and O–H groups in total. The van der Waals surface area contributed by atoms with Crippen LogP contribution in [0.15, 0.2) is 53.3 Å². The molecule has 1 fully saturated rings. The molecular weight excluding hydrogens is 464 g/mol. The average Bonchev–Trinajstić information content (AvgIpc) is 3.57. The van der Waals surface area contributed by atoms with Gasteiger partial charge >= 0.3 is 0 Å². The molecule has 3 heterocycles. The predicted molar refractivity (Wildman–Crippen MR) is 144 cm³/mol. The number of rotatable bonds is 10. The number of hydrogen-bond acceptors (Lipinski definition) is 6. The molecule has 5 rings (SSSR count). The molecule has 0 radical (unpaired) electrons. The zero-order chi connectivity index (χ0) is 25.8. The molecule has 0 aliphatic carbocycles. The first kappa shape index (κ1) is 25.3. The minimum atomic E-state index is -0.0436. The highest BCUT2D eigenvalue weighted by Gasteiger charge is 2.27. The molecule has 1 aliphatic heterocycles. The van der Waals surface area contributed by atoms with Gasteiger partial charge in [-0.05, 0) is 78.6 Å². The van der Waals surface area contributed by atoms with Crippen LogP contribution in [0.2, 0.25) is 0 Å². The van der Waals surface area contributed by atoms with Gasteiger partial charge in [0, 0.05) is 25.3 Å². The molecular formula is C29H36N6O2. The van der Waals surface area contributed by atoms with Crippen LogP contribution in [-0.4, -0.2) is 49.3 Å². The Kier molecular flexibility index (Phi) is 7.76. The lowest BCUT2D eigenvalue weighted by atomic mass is 10.0. The smallest absolute Gasteiger partial charge is 0.252 e. The van der Waals surface area contributed by atoms with E-state index in [0.29, 0.717) is 13.1 Å². The van der Waals surface area contributed by atoms with E-state index in [4.69, 9.17) is 4.74 Å². The highest BCUT2D eigenvalue weighted by Crippen LogP contribution is 2.26. The zero-order valence-electron chi connectivity index (χ0n) is 22.0. The van der Waals surface area contributed by atoms with Gasteiger partial charge in [-0.2, -0.15) is 0 Å². The first-order chi connectivity index (χ1) is 18.0. The van der Waals surface area contributed by atoms with E-state index in [2.05, 4.69) is 75.7 Å². The van der Waals surface area contributed by atoms with Crippen molar-refractivity contribution in [3.63, 3.8) is 0 Å². The van der Waals surface area contributed by atoms with Crippen LogP contribution in [0.25, 0.3) is 10.9 Å². The number of nitrogens with one attached hydrogen (secondary N) is 1. The molecule has 2 atom stereocenters. The summed E-state index contributed by atoms with van der Waals surface area (Å²) in [7, 11) is 0. The van der Waals surface area contributed by atoms with E-state index in [1.165, 1.54) is 11.1 Å². The van der Waals surface area contributed by atoms with Crippen molar-refractivity contribution in [2.45, 2.75) is 71.7 Å². The number of H-pyrrole nitrogens is 1. The summed E-state index contributed by atoms with van der Waals surface area (Å²) in [5.74, 6) is 0.829. The third-order valence-electron chi connectivity index (χ3n) is 7.36. The minimum absolute atomic E-state index is 0.0329. The van der Waals surface area contributed by atoms with Crippen LogP contribution in [0.1, 0.15) is 60.3 Å². The van der Waals surface area contributed by atoms with Crippen LogP contribution < -0.4 is 5.56 Å². The summed E-state index contributed by atoms with van der Waals surface area (Å²) in [6.45, 7) is 9.02. The third-order valence-corrected chi connectivity index (χ3v) is 7.36. The van der Waals surface area contributed by atoms with Crippen molar-refractivity contribution < 1.29 is 4.74 Å². The molecule has 0 bridgehead atoms. The number of pyridine rings is 1. The van der Waals surface area contributed by atoms with Gasteiger partial charge in [-0.1, -0.05) is 48.9 Å². The number of tetrazole rings is 1. The van der Waals surface area contributed by atoms with Crippen molar-refractivity contribution in [3.8, 4) is 0 Å². The van der Waals surface area contributed by atoms with Gasteiger partial charge in [-0.25, -0.2) is 4.68 Å². The second-order valence-electron chi connectivity index (χ2n) is 10.2. The van der Waals surface area contributed by atoms with Crippen molar-refractivity contribution in [2.75, 3.05) is 13.2 Å². The molecule has 194 valence electrons. The maximum atomic E-state index is 13.2. The minimum Gasteiger partial charge on any atom is -0.376 e. The van der Waals surface area contributed by atoms with E-state index in [1.807, 2.05) is 23.7 Å². The second kappa shape index (κ2) is 11.4. The molecule has 8 nitrogen and oxygen atoms in total. The largest absolute Gasteiger partial charge is 0.376 e. The number of nitrogens with zero attached hydrogens (tertiary/aromatic N) is 5. The SMILES string of the molecule is CC[C@@H](c1nnnn1C[C@H]1CCCO1)N(CCc1ccccc1)Cc1cc2cc(C)cc(C)c2[nH]c1=O. The number of aryl methyl sites for hydroxylation is 2. The van der Waals surface area contributed by atoms with Crippen molar-refractivity contribution in [1.29, 1.82) is 0 Å². The number of aromatic amines is 1. The summed E-state index contributed by atoms with van der Waals surface area (Å²) in [4.78, 5) is 18.7. The number of hydrogen-bond donors (Lipinski definition) is 1. The quantitative estimate of drug-likeness (QED) is 0.345. The Morgan fingerprint density at radius 3 is 2.78 bits per heavy atom. The van der Waals surface area contributed by atoms with Gasteiger partial charge in [0.2, 0.25) is 0 Å². The summed E-state index contributed by atoms with van der Waals surface area (Å²) in [5.41, 5.74) is 5.14. The lowest BCUT2D eigenvalue weighted by Crippen LogP contribution is -2.34. The first-order valence-corrected chi connectivity index (χ1v) is 13.3. The molecule has 37 heavy (non-hydrogen) atoms. The van der Waals surface area contributed by atoms with Crippen molar-refractivity contribution in [3.05, 3.63) is 87.0 Å². The van der Waals surface area contributed by atoms with Crippen LogP contribution in [0.3, 0.4) is 0 Å².